The zero-order valence-electron chi connectivity index (χ0n) is 12.4. The van der Waals surface area contributed by atoms with Crippen LogP contribution in [0, 0.1) is 13.8 Å². The first-order valence-electron chi connectivity index (χ1n) is 7.31. The fourth-order valence-corrected chi connectivity index (χ4v) is 2.76. The number of aryl methyl sites for hydroxylation is 2. The van der Waals surface area contributed by atoms with Crippen molar-refractivity contribution in [1.29, 1.82) is 0 Å². The van der Waals surface area contributed by atoms with Crippen molar-refractivity contribution in [2.24, 2.45) is 5.73 Å². The lowest BCUT2D eigenvalue weighted by molar-refractivity contribution is -0.132. The van der Waals surface area contributed by atoms with Gasteiger partial charge in [0.05, 0.1) is 13.0 Å². The standard InChI is InChI=1S/C16H24N2O2/c1-12-5-6-15(13(2)10-12)20-9-7-16(19)18-8-3-4-14(18)11-17/h5-6,10,14H,3-4,7-9,11,17H2,1-2H3/t14-/m1/s1. The van der Waals surface area contributed by atoms with Crippen LogP contribution in [-0.2, 0) is 4.79 Å². The van der Waals surface area contributed by atoms with E-state index in [2.05, 4.69) is 13.0 Å². The maximum Gasteiger partial charge on any atom is 0.226 e. The second-order valence-corrected chi connectivity index (χ2v) is 5.49. The molecule has 0 aliphatic carbocycles. The number of nitrogens with two attached hydrogens (primary N) is 1. The van der Waals surface area contributed by atoms with Crippen LogP contribution in [0.3, 0.4) is 0 Å². The van der Waals surface area contributed by atoms with Gasteiger partial charge in [-0.2, -0.15) is 0 Å². The molecule has 1 atom stereocenters. The number of carbonyl (C=O) groups is 1. The van der Waals surface area contributed by atoms with Gasteiger partial charge < -0.3 is 15.4 Å². The van der Waals surface area contributed by atoms with Crippen molar-refractivity contribution in [2.45, 2.75) is 39.2 Å². The smallest absolute Gasteiger partial charge is 0.226 e. The molecule has 0 unspecified atom stereocenters. The van der Waals surface area contributed by atoms with E-state index in [1.54, 1.807) is 0 Å². The number of ether oxygens (including phenoxy) is 1. The van der Waals surface area contributed by atoms with Crippen LogP contribution in [0.2, 0.25) is 0 Å². The fourth-order valence-electron chi connectivity index (χ4n) is 2.76. The molecule has 1 aromatic rings. The maximum absolute atomic E-state index is 12.1. The van der Waals surface area contributed by atoms with E-state index in [1.165, 1.54) is 5.56 Å². The quantitative estimate of drug-likeness (QED) is 0.895. The van der Waals surface area contributed by atoms with E-state index in [4.69, 9.17) is 10.5 Å². The van der Waals surface area contributed by atoms with Crippen molar-refractivity contribution < 1.29 is 9.53 Å². The SMILES string of the molecule is Cc1ccc(OCCC(=O)N2CCC[C@@H]2CN)c(C)c1. The molecular weight excluding hydrogens is 252 g/mol. The van der Waals surface area contributed by atoms with Crippen molar-refractivity contribution >= 4 is 5.91 Å². The molecule has 1 amide bonds. The Labute approximate surface area is 120 Å². The van der Waals surface area contributed by atoms with Gasteiger partial charge in [0.1, 0.15) is 5.75 Å². The molecule has 20 heavy (non-hydrogen) atoms. The fraction of sp³-hybridized carbons (Fsp3) is 0.562. The number of carbonyl (C=O) groups excluding carboxylic acids is 1. The number of hydrogen-bond donors (Lipinski definition) is 1. The van der Waals surface area contributed by atoms with Gasteiger partial charge in [-0.1, -0.05) is 17.7 Å². The van der Waals surface area contributed by atoms with Gasteiger partial charge in [0, 0.05) is 19.1 Å². The summed E-state index contributed by atoms with van der Waals surface area (Å²) in [6, 6.07) is 6.30. The first kappa shape index (κ1) is 14.9. The number of likely N-dealkylation sites (tertiary alicyclic amines) is 1. The summed E-state index contributed by atoms with van der Waals surface area (Å²) < 4.78 is 5.71. The van der Waals surface area contributed by atoms with Crippen LogP contribution in [0.25, 0.3) is 0 Å². The van der Waals surface area contributed by atoms with Gasteiger partial charge in [0.15, 0.2) is 0 Å². The van der Waals surface area contributed by atoms with E-state index in [0.717, 1.165) is 30.7 Å². The lowest BCUT2D eigenvalue weighted by Gasteiger charge is -2.23. The highest BCUT2D eigenvalue weighted by molar-refractivity contribution is 5.77. The monoisotopic (exact) mass is 276 g/mol. The van der Waals surface area contributed by atoms with Crippen LogP contribution >= 0.6 is 0 Å². The van der Waals surface area contributed by atoms with Crippen LogP contribution in [-0.4, -0.2) is 36.5 Å². The van der Waals surface area contributed by atoms with Gasteiger partial charge in [0.25, 0.3) is 0 Å². The minimum absolute atomic E-state index is 0.155. The van der Waals surface area contributed by atoms with Gasteiger partial charge in [-0.25, -0.2) is 0 Å². The molecule has 0 aromatic heterocycles. The van der Waals surface area contributed by atoms with Crippen LogP contribution in [0.1, 0.15) is 30.4 Å². The Hall–Kier alpha value is -1.55. The summed E-state index contributed by atoms with van der Waals surface area (Å²) in [5, 5.41) is 0. The minimum atomic E-state index is 0.155. The molecule has 1 aromatic carbocycles. The second kappa shape index (κ2) is 6.75. The third kappa shape index (κ3) is 3.51. The Morgan fingerprint density at radius 1 is 1.45 bits per heavy atom. The first-order valence-corrected chi connectivity index (χ1v) is 7.31. The summed E-state index contributed by atoms with van der Waals surface area (Å²) in [7, 11) is 0. The molecule has 0 radical (unpaired) electrons. The molecule has 1 aliphatic rings. The van der Waals surface area contributed by atoms with E-state index < -0.39 is 0 Å². The molecule has 0 saturated carbocycles. The third-order valence-electron chi connectivity index (χ3n) is 3.87. The molecule has 1 fully saturated rings. The number of hydrogen-bond acceptors (Lipinski definition) is 3. The Morgan fingerprint density at radius 2 is 2.25 bits per heavy atom. The largest absolute Gasteiger partial charge is 0.493 e. The van der Waals surface area contributed by atoms with Crippen molar-refractivity contribution in [3.8, 4) is 5.75 Å². The first-order chi connectivity index (χ1) is 9.61. The summed E-state index contributed by atoms with van der Waals surface area (Å²) in [5.74, 6) is 1.02. The van der Waals surface area contributed by atoms with Gasteiger partial charge >= 0.3 is 0 Å². The average Bonchev–Trinajstić information content (AvgIpc) is 2.89. The van der Waals surface area contributed by atoms with E-state index >= 15 is 0 Å². The van der Waals surface area contributed by atoms with Crippen LogP contribution in [0.5, 0.6) is 5.75 Å². The molecule has 1 aliphatic heterocycles. The normalized spacial score (nSPS) is 18.4. The number of amides is 1. The predicted molar refractivity (Wildman–Crippen MR) is 79.8 cm³/mol. The second-order valence-electron chi connectivity index (χ2n) is 5.49. The molecule has 0 bridgehead atoms. The number of rotatable bonds is 5. The van der Waals surface area contributed by atoms with E-state index in [1.807, 2.05) is 24.0 Å². The lowest BCUT2D eigenvalue weighted by Crippen LogP contribution is -2.40. The van der Waals surface area contributed by atoms with E-state index in [0.29, 0.717) is 19.6 Å². The Morgan fingerprint density at radius 3 is 2.95 bits per heavy atom. The van der Waals surface area contributed by atoms with Gasteiger partial charge in [-0.15, -0.1) is 0 Å². The highest BCUT2D eigenvalue weighted by Gasteiger charge is 2.26. The van der Waals surface area contributed by atoms with Gasteiger partial charge in [0.2, 0.25) is 5.91 Å². The molecule has 110 valence electrons. The lowest BCUT2D eigenvalue weighted by atomic mass is 10.1. The topological polar surface area (TPSA) is 55.6 Å². The van der Waals surface area contributed by atoms with Gasteiger partial charge in [-0.05, 0) is 38.3 Å². The summed E-state index contributed by atoms with van der Waals surface area (Å²) in [5.41, 5.74) is 8.02. The molecule has 2 rings (SSSR count). The molecule has 0 spiro atoms. The number of benzene rings is 1. The Balaban J connectivity index is 1.82. The zero-order valence-corrected chi connectivity index (χ0v) is 12.4. The molecule has 2 N–H and O–H groups in total. The van der Waals surface area contributed by atoms with Crippen LogP contribution < -0.4 is 10.5 Å². The minimum Gasteiger partial charge on any atom is -0.493 e. The highest BCUT2D eigenvalue weighted by atomic mass is 16.5. The molecular formula is C16H24N2O2. The summed E-state index contributed by atoms with van der Waals surface area (Å²) >= 11 is 0. The predicted octanol–water partition coefficient (Wildman–Crippen LogP) is 2.02. The number of nitrogens with zero attached hydrogens (tertiary/aromatic N) is 1. The Bertz CT molecular complexity index is 474. The van der Waals surface area contributed by atoms with Crippen molar-refractivity contribution in [2.75, 3.05) is 19.7 Å². The van der Waals surface area contributed by atoms with E-state index in [9.17, 15) is 4.79 Å². The van der Waals surface area contributed by atoms with Crippen molar-refractivity contribution in [1.82, 2.24) is 4.90 Å². The average molecular weight is 276 g/mol. The van der Waals surface area contributed by atoms with Crippen molar-refractivity contribution in [3.63, 3.8) is 0 Å². The summed E-state index contributed by atoms with van der Waals surface area (Å²) in [6.45, 7) is 5.90. The molecule has 1 saturated heterocycles. The zero-order chi connectivity index (χ0) is 14.5. The van der Waals surface area contributed by atoms with Crippen LogP contribution in [0.4, 0.5) is 0 Å². The van der Waals surface area contributed by atoms with E-state index in [-0.39, 0.29) is 11.9 Å². The maximum atomic E-state index is 12.1. The molecule has 1 heterocycles. The summed E-state index contributed by atoms with van der Waals surface area (Å²) in [6.07, 6.45) is 2.51. The van der Waals surface area contributed by atoms with Crippen molar-refractivity contribution in [3.05, 3.63) is 29.3 Å². The highest BCUT2D eigenvalue weighted by Crippen LogP contribution is 2.20. The summed E-state index contributed by atoms with van der Waals surface area (Å²) in [4.78, 5) is 14.0. The third-order valence-corrected chi connectivity index (χ3v) is 3.87. The molecule has 4 nitrogen and oxygen atoms in total. The van der Waals surface area contributed by atoms with Crippen LogP contribution in [0.15, 0.2) is 18.2 Å². The molecule has 4 heteroatoms. The van der Waals surface area contributed by atoms with Gasteiger partial charge in [-0.3, -0.25) is 4.79 Å². The Kier molecular flexibility index (Phi) is 5.01.